The minimum atomic E-state index is -3.56. The van der Waals surface area contributed by atoms with Crippen LogP contribution < -0.4 is 5.32 Å². The monoisotopic (exact) mass is 474 g/mol. The molecule has 3 rings (SSSR count). The van der Waals surface area contributed by atoms with Crippen molar-refractivity contribution in [1.29, 1.82) is 0 Å². The molecule has 9 heteroatoms. The first-order valence-corrected chi connectivity index (χ1v) is 11.9. The van der Waals surface area contributed by atoms with Crippen LogP contribution >= 0.6 is 27.3 Å². The van der Waals surface area contributed by atoms with Crippen LogP contribution in [0.3, 0.4) is 0 Å². The number of carbonyl (C=O) groups is 1. The molecule has 27 heavy (non-hydrogen) atoms. The summed E-state index contributed by atoms with van der Waals surface area (Å²) in [7, 11) is -3.56. The summed E-state index contributed by atoms with van der Waals surface area (Å²) in [6.07, 6.45) is 1.35. The van der Waals surface area contributed by atoms with Gasteiger partial charge in [-0.2, -0.15) is 4.31 Å². The van der Waals surface area contributed by atoms with E-state index >= 15 is 0 Å². The molecular weight excluding hydrogens is 452 g/mol. The predicted octanol–water partition coefficient (Wildman–Crippen LogP) is 4.00. The highest BCUT2D eigenvalue weighted by Crippen LogP contribution is 2.31. The lowest BCUT2D eigenvalue weighted by molar-refractivity contribution is -0.126. The van der Waals surface area contributed by atoms with Crippen molar-refractivity contribution in [3.05, 3.63) is 39.1 Å². The average Bonchev–Trinajstić information content (AvgIpc) is 3.20. The van der Waals surface area contributed by atoms with Gasteiger partial charge in [-0.25, -0.2) is 8.42 Å². The Hall–Kier alpha value is -1.16. The van der Waals surface area contributed by atoms with Crippen LogP contribution in [0.4, 0.5) is 0 Å². The largest absolute Gasteiger partial charge is 0.466 e. The minimum absolute atomic E-state index is 0.118. The summed E-state index contributed by atoms with van der Waals surface area (Å²) in [6.45, 7) is 6.31. The van der Waals surface area contributed by atoms with Crippen molar-refractivity contribution in [1.82, 2.24) is 9.62 Å². The van der Waals surface area contributed by atoms with Crippen molar-refractivity contribution in [3.8, 4) is 0 Å². The molecule has 1 saturated heterocycles. The summed E-state index contributed by atoms with van der Waals surface area (Å²) in [5.41, 5.74) is 0.949. The molecule has 1 aliphatic heterocycles. The molecule has 3 heterocycles. The minimum Gasteiger partial charge on any atom is -0.466 e. The van der Waals surface area contributed by atoms with Crippen molar-refractivity contribution < 1.29 is 17.6 Å². The number of piperidine rings is 1. The van der Waals surface area contributed by atoms with Gasteiger partial charge in [-0.1, -0.05) is 0 Å². The van der Waals surface area contributed by atoms with Crippen LogP contribution in [0.5, 0.6) is 0 Å². The average molecular weight is 475 g/mol. The van der Waals surface area contributed by atoms with Crippen LogP contribution in [0.25, 0.3) is 0 Å². The Morgan fingerprint density at radius 3 is 2.74 bits per heavy atom. The van der Waals surface area contributed by atoms with Crippen molar-refractivity contribution in [2.75, 3.05) is 13.1 Å². The van der Waals surface area contributed by atoms with Crippen molar-refractivity contribution in [2.45, 2.75) is 43.9 Å². The molecule has 0 aliphatic carbocycles. The molecule has 0 spiro atoms. The fourth-order valence-corrected chi connectivity index (χ4v) is 7.12. The fraction of sp³-hybridized carbons (Fsp3) is 0.500. The van der Waals surface area contributed by atoms with Crippen LogP contribution in [0, 0.1) is 19.8 Å². The van der Waals surface area contributed by atoms with Crippen molar-refractivity contribution in [3.63, 3.8) is 0 Å². The van der Waals surface area contributed by atoms with Gasteiger partial charge in [0.1, 0.15) is 15.7 Å². The molecule has 2 aromatic heterocycles. The van der Waals surface area contributed by atoms with Crippen molar-refractivity contribution >= 4 is 43.2 Å². The van der Waals surface area contributed by atoms with E-state index in [2.05, 4.69) is 21.2 Å². The highest BCUT2D eigenvalue weighted by molar-refractivity contribution is 9.11. The summed E-state index contributed by atoms with van der Waals surface area (Å²) in [5, 5.41) is 3.01. The number of hydrogen-bond donors (Lipinski definition) is 1. The quantitative estimate of drug-likeness (QED) is 0.709. The van der Waals surface area contributed by atoms with E-state index in [4.69, 9.17) is 4.42 Å². The summed E-state index contributed by atoms with van der Waals surface area (Å²) in [4.78, 5) is 12.7. The van der Waals surface area contributed by atoms with E-state index in [1.165, 1.54) is 15.6 Å². The maximum absolute atomic E-state index is 12.8. The van der Waals surface area contributed by atoms with Gasteiger partial charge in [0, 0.05) is 18.7 Å². The summed E-state index contributed by atoms with van der Waals surface area (Å²) >= 11 is 4.49. The number of hydrogen-bond acceptors (Lipinski definition) is 5. The number of halogens is 1. The number of sulfonamides is 1. The molecule has 6 nitrogen and oxygen atoms in total. The van der Waals surface area contributed by atoms with E-state index < -0.39 is 10.0 Å². The number of nitrogens with zero attached hydrogens (tertiary/aromatic N) is 1. The van der Waals surface area contributed by atoms with Crippen LogP contribution in [0.2, 0.25) is 0 Å². The standard InChI is InChI=1S/C18H23BrN2O4S2/c1-11-9-15(13(3)25-11)12(2)20-18(22)14-5-4-8-21(10-14)27(23,24)17-7-6-16(19)26-17/h6-7,9,12,14H,4-5,8,10H2,1-3H3,(H,20,22). The molecule has 1 N–H and O–H groups in total. The second-order valence-electron chi connectivity index (χ2n) is 6.86. The zero-order valence-corrected chi connectivity index (χ0v) is 18.7. The van der Waals surface area contributed by atoms with Gasteiger partial charge in [0.05, 0.1) is 15.7 Å². The third-order valence-corrected chi connectivity index (χ3v) is 8.76. The number of amides is 1. The Kier molecular flexibility index (Phi) is 6.14. The Morgan fingerprint density at radius 1 is 1.41 bits per heavy atom. The summed E-state index contributed by atoms with van der Waals surface area (Å²) in [6, 6.07) is 5.06. The molecule has 0 aromatic carbocycles. The molecule has 0 radical (unpaired) electrons. The number of rotatable bonds is 5. The molecular formula is C18H23BrN2O4S2. The lowest BCUT2D eigenvalue weighted by atomic mass is 9.98. The van der Waals surface area contributed by atoms with E-state index in [1.54, 1.807) is 12.1 Å². The number of aryl methyl sites for hydroxylation is 2. The van der Waals surface area contributed by atoms with E-state index in [0.717, 1.165) is 20.9 Å². The number of nitrogens with one attached hydrogen (secondary N) is 1. The van der Waals surface area contributed by atoms with Gasteiger partial charge in [0.25, 0.3) is 10.0 Å². The highest BCUT2D eigenvalue weighted by Gasteiger charge is 2.34. The van der Waals surface area contributed by atoms with Gasteiger partial charge < -0.3 is 9.73 Å². The van der Waals surface area contributed by atoms with Crippen LogP contribution in [0.15, 0.2) is 30.6 Å². The van der Waals surface area contributed by atoms with Gasteiger partial charge in [-0.15, -0.1) is 11.3 Å². The van der Waals surface area contributed by atoms with Gasteiger partial charge in [0.15, 0.2) is 0 Å². The second kappa shape index (κ2) is 8.06. The first-order valence-electron chi connectivity index (χ1n) is 8.81. The number of furan rings is 1. The van der Waals surface area contributed by atoms with Crippen LogP contribution in [0.1, 0.15) is 42.9 Å². The lowest BCUT2D eigenvalue weighted by Crippen LogP contribution is -2.45. The molecule has 1 fully saturated rings. The zero-order valence-electron chi connectivity index (χ0n) is 15.5. The molecule has 1 aliphatic rings. The van der Waals surface area contributed by atoms with Gasteiger partial charge in [-0.3, -0.25) is 4.79 Å². The van der Waals surface area contributed by atoms with E-state index in [0.29, 0.717) is 23.6 Å². The normalized spacial score (nSPS) is 19.8. The van der Waals surface area contributed by atoms with E-state index in [9.17, 15) is 13.2 Å². The molecule has 0 bridgehead atoms. The lowest BCUT2D eigenvalue weighted by Gasteiger charge is -2.31. The maximum atomic E-state index is 12.8. The second-order valence-corrected chi connectivity index (χ2v) is 11.5. The zero-order chi connectivity index (χ0) is 19.8. The molecule has 0 saturated carbocycles. The maximum Gasteiger partial charge on any atom is 0.252 e. The first kappa shape index (κ1) is 20.6. The summed E-state index contributed by atoms with van der Waals surface area (Å²) < 4.78 is 33.7. The van der Waals surface area contributed by atoms with E-state index in [-0.39, 0.29) is 24.4 Å². The predicted molar refractivity (Wildman–Crippen MR) is 108 cm³/mol. The Labute approximate surface area is 172 Å². The number of thiophene rings is 1. The van der Waals surface area contributed by atoms with Gasteiger partial charge >= 0.3 is 0 Å². The Morgan fingerprint density at radius 2 is 2.15 bits per heavy atom. The first-order chi connectivity index (χ1) is 12.7. The third kappa shape index (κ3) is 4.47. The van der Waals surface area contributed by atoms with Gasteiger partial charge in [-0.05, 0) is 67.7 Å². The SMILES string of the molecule is Cc1cc(C(C)NC(=O)C2CCCN(S(=O)(=O)c3ccc(Br)s3)C2)c(C)o1. The third-order valence-electron chi connectivity index (χ3n) is 4.80. The van der Waals surface area contributed by atoms with Crippen molar-refractivity contribution in [2.24, 2.45) is 5.92 Å². The van der Waals surface area contributed by atoms with Gasteiger partial charge in [0.2, 0.25) is 5.91 Å². The molecule has 2 atom stereocenters. The topological polar surface area (TPSA) is 79.6 Å². The fourth-order valence-electron chi connectivity index (χ4n) is 3.43. The van der Waals surface area contributed by atoms with E-state index in [1.807, 2.05) is 26.8 Å². The molecule has 2 aromatic rings. The summed E-state index contributed by atoms with van der Waals surface area (Å²) in [5.74, 6) is 1.12. The molecule has 148 valence electrons. The molecule has 2 unspecified atom stereocenters. The Bertz CT molecular complexity index is 935. The van der Waals surface area contributed by atoms with Crippen LogP contribution in [-0.4, -0.2) is 31.7 Å². The van der Waals surface area contributed by atoms with Crippen LogP contribution in [-0.2, 0) is 14.8 Å². The molecule has 1 amide bonds. The highest BCUT2D eigenvalue weighted by atomic mass is 79.9. The number of carbonyl (C=O) groups excluding carboxylic acids is 1. The smallest absolute Gasteiger partial charge is 0.252 e. The Balaban J connectivity index is 1.68.